The number of Topliss-reactive ketones (excluding diaryl/α,β-unsaturated/α-hetero) is 1. The summed E-state index contributed by atoms with van der Waals surface area (Å²) in [5.41, 5.74) is 5.80. The van der Waals surface area contributed by atoms with Crippen LogP contribution in [0.5, 0.6) is 0 Å². The maximum absolute atomic E-state index is 10.9. The standard InChI is InChI=1S/C23H38O.3CH4/c1-19(2)11-7-12-20(3)13-8-14-21(4)15-9-16-22(5)17-10-18-23(6)24;;;/h11,13,15,17H,7-10,12,14,16,18H2,1-6H3;3*1H4/b20-13+,21-15+,22-17-;;;. The van der Waals surface area contributed by atoms with Gasteiger partial charge in [-0.2, -0.15) is 0 Å². The number of carbonyl (C=O) groups is 1. The van der Waals surface area contributed by atoms with Gasteiger partial charge in [0, 0.05) is 6.42 Å². The molecule has 0 amide bonds. The average molecular weight is 379 g/mol. The van der Waals surface area contributed by atoms with Crippen molar-refractivity contribution in [2.24, 2.45) is 0 Å². The highest BCUT2D eigenvalue weighted by Gasteiger charge is 1.94. The molecule has 1 heteroatoms. The predicted molar refractivity (Wildman–Crippen MR) is 129 cm³/mol. The van der Waals surface area contributed by atoms with E-state index in [4.69, 9.17) is 0 Å². The first-order valence-electron chi connectivity index (χ1n) is 9.41. The lowest BCUT2D eigenvalue weighted by molar-refractivity contribution is -0.116. The van der Waals surface area contributed by atoms with E-state index in [9.17, 15) is 4.79 Å². The van der Waals surface area contributed by atoms with Gasteiger partial charge in [-0.05, 0) is 86.5 Å². The Labute approximate surface area is 172 Å². The maximum Gasteiger partial charge on any atom is 0.130 e. The van der Waals surface area contributed by atoms with E-state index in [-0.39, 0.29) is 28.1 Å². The molecule has 0 aliphatic carbocycles. The minimum atomic E-state index is 0. The molecular weight excluding hydrogens is 328 g/mol. The molecule has 0 rings (SSSR count). The lowest BCUT2D eigenvalue weighted by atomic mass is 10.0. The zero-order valence-electron chi connectivity index (χ0n) is 16.9. The molecule has 160 valence electrons. The molecule has 0 unspecified atom stereocenters. The van der Waals surface area contributed by atoms with Gasteiger partial charge in [0.25, 0.3) is 0 Å². The lowest BCUT2D eigenvalue weighted by Gasteiger charge is -2.02. The van der Waals surface area contributed by atoms with Gasteiger partial charge in [-0.3, -0.25) is 0 Å². The van der Waals surface area contributed by atoms with Crippen molar-refractivity contribution in [3.8, 4) is 0 Å². The summed E-state index contributed by atoms with van der Waals surface area (Å²) in [6.07, 6.45) is 17.7. The normalized spacial score (nSPS) is 11.7. The van der Waals surface area contributed by atoms with Crippen LogP contribution in [0.2, 0.25) is 0 Å². The van der Waals surface area contributed by atoms with Crippen LogP contribution in [0.25, 0.3) is 0 Å². The van der Waals surface area contributed by atoms with Gasteiger partial charge in [0.2, 0.25) is 0 Å². The molecule has 0 radical (unpaired) electrons. The molecule has 1 nitrogen and oxygen atoms in total. The van der Waals surface area contributed by atoms with E-state index in [1.165, 1.54) is 28.7 Å². The van der Waals surface area contributed by atoms with Crippen molar-refractivity contribution >= 4 is 5.78 Å². The number of allylic oxidation sites excluding steroid dienone is 8. The second kappa shape index (κ2) is 20.9. The van der Waals surface area contributed by atoms with Gasteiger partial charge >= 0.3 is 0 Å². The summed E-state index contributed by atoms with van der Waals surface area (Å²) in [5.74, 6) is 0.277. The van der Waals surface area contributed by atoms with Crippen LogP contribution >= 0.6 is 0 Å². The Morgan fingerprint density at radius 1 is 0.519 bits per heavy atom. The van der Waals surface area contributed by atoms with Crippen LogP contribution in [-0.4, -0.2) is 5.78 Å². The quantitative estimate of drug-likeness (QED) is 0.309. The highest BCUT2D eigenvalue weighted by Crippen LogP contribution is 2.14. The summed E-state index contributed by atoms with van der Waals surface area (Å²) in [7, 11) is 0. The van der Waals surface area contributed by atoms with Crippen molar-refractivity contribution in [2.75, 3.05) is 0 Å². The molecule has 27 heavy (non-hydrogen) atoms. The molecular formula is C26H50O. The van der Waals surface area contributed by atoms with Crippen molar-refractivity contribution in [3.05, 3.63) is 46.6 Å². The van der Waals surface area contributed by atoms with E-state index >= 15 is 0 Å². The molecule has 0 aromatic heterocycles. The maximum atomic E-state index is 10.9. The van der Waals surface area contributed by atoms with Gasteiger partial charge in [0.05, 0.1) is 0 Å². The zero-order chi connectivity index (χ0) is 18.4. The first-order chi connectivity index (χ1) is 11.3. The molecule has 0 N–H and O–H groups in total. The molecule has 0 atom stereocenters. The zero-order valence-corrected chi connectivity index (χ0v) is 16.9. The Morgan fingerprint density at radius 3 is 1.11 bits per heavy atom. The van der Waals surface area contributed by atoms with Gasteiger partial charge in [-0.1, -0.05) is 68.9 Å². The van der Waals surface area contributed by atoms with E-state index < -0.39 is 0 Å². The third-order valence-electron chi connectivity index (χ3n) is 4.14. The molecule has 0 fully saturated rings. The van der Waals surface area contributed by atoms with E-state index in [0.717, 1.165) is 38.5 Å². The van der Waals surface area contributed by atoms with Crippen molar-refractivity contribution in [1.29, 1.82) is 0 Å². The third-order valence-corrected chi connectivity index (χ3v) is 4.14. The number of ketones is 1. The van der Waals surface area contributed by atoms with Crippen molar-refractivity contribution in [2.45, 2.75) is 115 Å². The Balaban J connectivity index is -0.000000882. The van der Waals surface area contributed by atoms with Crippen molar-refractivity contribution < 1.29 is 4.79 Å². The Hall–Kier alpha value is -1.37. The summed E-state index contributed by atoms with van der Waals surface area (Å²) in [4.78, 5) is 10.9. The predicted octanol–water partition coefficient (Wildman–Crippen LogP) is 9.41. The molecule has 0 aromatic rings. The average Bonchev–Trinajstić information content (AvgIpc) is 2.46. The fourth-order valence-electron chi connectivity index (χ4n) is 2.51. The van der Waals surface area contributed by atoms with Crippen molar-refractivity contribution in [1.82, 2.24) is 0 Å². The molecule has 0 saturated heterocycles. The molecule has 0 bridgehead atoms. The minimum Gasteiger partial charge on any atom is -0.300 e. The van der Waals surface area contributed by atoms with Gasteiger partial charge in [-0.15, -0.1) is 0 Å². The largest absolute Gasteiger partial charge is 0.300 e. The van der Waals surface area contributed by atoms with Crippen LogP contribution < -0.4 is 0 Å². The second-order valence-corrected chi connectivity index (χ2v) is 7.29. The SMILES string of the molecule is C.C.C.CC(=O)CC/C=C(/C)CC/C=C(\C)CC/C=C(\C)CCC=C(C)C. The number of carbonyl (C=O) groups excluding carboxylic acids is 1. The Bertz CT molecular complexity index is 482. The Kier molecular flexibility index (Phi) is 25.8. The molecule has 0 spiro atoms. The molecule has 0 saturated carbocycles. The number of rotatable bonds is 12. The van der Waals surface area contributed by atoms with Gasteiger partial charge in [0.1, 0.15) is 5.78 Å². The first-order valence-corrected chi connectivity index (χ1v) is 9.41. The summed E-state index contributed by atoms with van der Waals surface area (Å²) in [6, 6.07) is 0. The summed E-state index contributed by atoms with van der Waals surface area (Å²) in [5, 5.41) is 0. The molecule has 0 aliphatic rings. The van der Waals surface area contributed by atoms with E-state index in [1.54, 1.807) is 6.92 Å². The lowest BCUT2D eigenvalue weighted by Crippen LogP contribution is -1.87. The molecule has 0 aliphatic heterocycles. The van der Waals surface area contributed by atoms with Crippen LogP contribution in [0, 0.1) is 0 Å². The molecule has 0 aromatic carbocycles. The number of hydrogen-bond donors (Lipinski definition) is 0. The minimum absolute atomic E-state index is 0. The smallest absolute Gasteiger partial charge is 0.130 e. The van der Waals surface area contributed by atoms with E-state index in [2.05, 4.69) is 58.9 Å². The first kappa shape index (κ1) is 33.2. The fourth-order valence-corrected chi connectivity index (χ4v) is 2.51. The van der Waals surface area contributed by atoms with Crippen molar-refractivity contribution in [3.63, 3.8) is 0 Å². The topological polar surface area (TPSA) is 17.1 Å². The van der Waals surface area contributed by atoms with Crippen LogP contribution in [0.15, 0.2) is 46.6 Å². The van der Waals surface area contributed by atoms with Crippen LogP contribution in [-0.2, 0) is 4.79 Å². The van der Waals surface area contributed by atoms with Crippen LogP contribution in [0.1, 0.15) is 115 Å². The van der Waals surface area contributed by atoms with Gasteiger partial charge < -0.3 is 4.79 Å². The third kappa shape index (κ3) is 24.6. The van der Waals surface area contributed by atoms with Gasteiger partial charge in [-0.25, -0.2) is 0 Å². The monoisotopic (exact) mass is 378 g/mol. The second-order valence-electron chi connectivity index (χ2n) is 7.29. The summed E-state index contributed by atoms with van der Waals surface area (Å²) in [6.45, 7) is 12.6. The Morgan fingerprint density at radius 2 is 0.815 bits per heavy atom. The van der Waals surface area contributed by atoms with E-state index in [1.807, 2.05) is 0 Å². The number of hydrogen-bond acceptors (Lipinski definition) is 1. The van der Waals surface area contributed by atoms with E-state index in [0.29, 0.717) is 6.42 Å². The summed E-state index contributed by atoms with van der Waals surface area (Å²) < 4.78 is 0. The highest BCUT2D eigenvalue weighted by atomic mass is 16.1. The highest BCUT2D eigenvalue weighted by molar-refractivity contribution is 5.75. The van der Waals surface area contributed by atoms with Gasteiger partial charge in [0.15, 0.2) is 0 Å². The summed E-state index contributed by atoms with van der Waals surface area (Å²) >= 11 is 0. The van der Waals surface area contributed by atoms with Crippen LogP contribution in [0.4, 0.5) is 0 Å². The molecule has 0 heterocycles. The fraction of sp³-hybridized carbons (Fsp3) is 0.654. The van der Waals surface area contributed by atoms with Crippen LogP contribution in [0.3, 0.4) is 0 Å².